The van der Waals surface area contributed by atoms with Crippen molar-refractivity contribution in [1.29, 1.82) is 0 Å². The van der Waals surface area contributed by atoms with Crippen molar-refractivity contribution < 1.29 is 9.00 Å². The molecule has 0 N–H and O–H groups in total. The minimum Gasteiger partial charge on any atom is -0.299 e. The van der Waals surface area contributed by atoms with E-state index in [1.54, 1.807) is 11.8 Å². The van der Waals surface area contributed by atoms with Gasteiger partial charge in [0, 0.05) is 33.9 Å². The average Bonchev–Trinajstić information content (AvgIpc) is 2.95. The van der Waals surface area contributed by atoms with E-state index in [0.717, 1.165) is 37.3 Å². The van der Waals surface area contributed by atoms with Gasteiger partial charge in [0.2, 0.25) is 0 Å². The summed E-state index contributed by atoms with van der Waals surface area (Å²) < 4.78 is 14.0. The maximum absolute atomic E-state index is 14.9. The molecule has 1 heterocycles. The van der Waals surface area contributed by atoms with Crippen LogP contribution in [0.4, 0.5) is 0 Å². The minimum atomic E-state index is -1.42. The molecule has 0 bridgehead atoms. The fourth-order valence-corrected chi connectivity index (χ4v) is 9.49. The number of benzene rings is 5. The molecule has 0 fully saturated rings. The van der Waals surface area contributed by atoms with E-state index < -0.39 is 14.9 Å². The van der Waals surface area contributed by atoms with Crippen LogP contribution in [0.1, 0.15) is 29.0 Å². The topological polar surface area (TPSA) is 34.1 Å². The second-order valence-electron chi connectivity index (χ2n) is 9.38. The van der Waals surface area contributed by atoms with E-state index in [1.165, 1.54) is 0 Å². The molecule has 0 spiro atoms. The highest BCUT2D eigenvalue weighted by molar-refractivity contribution is 8.12. The summed E-state index contributed by atoms with van der Waals surface area (Å²) in [6.07, 6.45) is 0.656. The Bertz CT molecular complexity index is 1580. The van der Waals surface area contributed by atoms with Crippen LogP contribution in [0, 0.1) is 0 Å². The first-order valence-electron chi connectivity index (χ1n) is 12.5. The third kappa shape index (κ3) is 4.35. The summed E-state index contributed by atoms with van der Waals surface area (Å²) in [5.41, 5.74) is 3.01. The zero-order chi connectivity index (χ0) is 25.2. The molecule has 0 radical (unpaired) electrons. The number of hydrogen-bond acceptors (Lipinski definition) is 3. The number of ketones is 1. The third-order valence-electron chi connectivity index (χ3n) is 7.08. The van der Waals surface area contributed by atoms with Crippen molar-refractivity contribution in [3.8, 4) is 0 Å². The zero-order valence-electron chi connectivity index (χ0n) is 20.2. The summed E-state index contributed by atoms with van der Waals surface area (Å²) >= 11 is 1.66. The van der Waals surface area contributed by atoms with Crippen molar-refractivity contribution in [2.75, 3.05) is 0 Å². The molecular formula is C33H26O2S2. The first-order valence-corrected chi connectivity index (χ1v) is 14.4. The number of carbonyl (C=O) groups excluding carboxylic acids is 1. The molecule has 0 amide bonds. The smallest absolute Gasteiger partial charge is 0.137 e. The van der Waals surface area contributed by atoms with Crippen LogP contribution in [0.5, 0.6) is 0 Å². The van der Waals surface area contributed by atoms with Gasteiger partial charge in [-0.15, -0.1) is 0 Å². The number of carbonyl (C=O) groups is 1. The van der Waals surface area contributed by atoms with E-state index in [2.05, 4.69) is 48.5 Å². The Morgan fingerprint density at radius 1 is 0.730 bits per heavy atom. The van der Waals surface area contributed by atoms with Gasteiger partial charge >= 0.3 is 0 Å². The number of rotatable bonds is 7. The van der Waals surface area contributed by atoms with Gasteiger partial charge in [-0.25, -0.2) is 0 Å². The lowest BCUT2D eigenvalue weighted by Crippen LogP contribution is -2.38. The first kappa shape index (κ1) is 23.9. The molecule has 2 nitrogen and oxygen atoms in total. The Kier molecular flexibility index (Phi) is 6.54. The molecule has 1 aliphatic heterocycles. The van der Waals surface area contributed by atoms with Crippen molar-refractivity contribution in [3.63, 3.8) is 0 Å². The molecule has 5 aromatic rings. The van der Waals surface area contributed by atoms with Crippen LogP contribution < -0.4 is 0 Å². The Labute approximate surface area is 224 Å². The van der Waals surface area contributed by atoms with Gasteiger partial charge in [0.15, 0.2) is 0 Å². The molecule has 37 heavy (non-hydrogen) atoms. The number of Topliss-reactive ketones (excluding diaryl/α,β-unsaturated/α-hetero) is 1. The summed E-state index contributed by atoms with van der Waals surface area (Å²) in [5.74, 6) is -0.146. The normalized spacial score (nSPS) is 19.4. The number of thioether (sulfide) groups is 1. The van der Waals surface area contributed by atoms with Crippen LogP contribution in [0.25, 0.3) is 10.8 Å². The predicted octanol–water partition coefficient (Wildman–Crippen LogP) is 7.89. The van der Waals surface area contributed by atoms with Crippen LogP contribution in [0.15, 0.2) is 137 Å². The molecule has 3 unspecified atom stereocenters. The van der Waals surface area contributed by atoms with Crippen molar-refractivity contribution in [2.45, 2.75) is 32.6 Å². The van der Waals surface area contributed by atoms with E-state index in [0.29, 0.717) is 12.8 Å². The molecule has 4 heteroatoms. The van der Waals surface area contributed by atoms with E-state index in [4.69, 9.17) is 0 Å². The van der Waals surface area contributed by atoms with Gasteiger partial charge in [-0.05, 0) is 34.2 Å². The summed E-state index contributed by atoms with van der Waals surface area (Å²) in [7, 11) is -1.42. The average molecular weight is 519 g/mol. The van der Waals surface area contributed by atoms with Crippen LogP contribution in [0.3, 0.4) is 0 Å². The third-order valence-corrected chi connectivity index (χ3v) is 11.0. The molecule has 1 aliphatic rings. The van der Waals surface area contributed by atoms with Crippen molar-refractivity contribution >= 4 is 39.1 Å². The first-order chi connectivity index (χ1) is 18.2. The van der Waals surface area contributed by atoms with Gasteiger partial charge in [0.05, 0.1) is 10.8 Å². The van der Waals surface area contributed by atoms with Gasteiger partial charge in [0.25, 0.3) is 0 Å². The fourth-order valence-electron chi connectivity index (χ4n) is 5.40. The summed E-state index contributed by atoms with van der Waals surface area (Å²) in [6.45, 7) is 0. The monoisotopic (exact) mass is 518 g/mol. The molecule has 0 aromatic heterocycles. The molecule has 3 atom stereocenters. The largest absolute Gasteiger partial charge is 0.299 e. The van der Waals surface area contributed by atoms with Crippen LogP contribution >= 0.6 is 11.8 Å². The standard InChI is InChI=1S/C33H26O2S2/c34-28(22-24-12-4-1-5-13-24)23-29(25-14-6-2-7-15-25)33(27-18-8-3-9-19-27)36-30-20-10-16-26-17-11-21-31(32(26)30)37(33)35/h1-21,29H,22-23H2. The van der Waals surface area contributed by atoms with Gasteiger partial charge in [-0.2, -0.15) is 0 Å². The van der Waals surface area contributed by atoms with E-state index >= 15 is 0 Å². The van der Waals surface area contributed by atoms with Crippen LogP contribution in [-0.2, 0) is 26.1 Å². The lowest BCUT2D eigenvalue weighted by Gasteiger charge is -2.43. The van der Waals surface area contributed by atoms with Gasteiger partial charge in [0.1, 0.15) is 9.86 Å². The highest BCUT2D eigenvalue weighted by atomic mass is 32.2. The van der Waals surface area contributed by atoms with Crippen molar-refractivity contribution in [1.82, 2.24) is 0 Å². The minimum absolute atomic E-state index is 0.144. The Morgan fingerprint density at radius 2 is 1.35 bits per heavy atom. The highest BCUT2D eigenvalue weighted by Gasteiger charge is 2.51. The predicted molar refractivity (Wildman–Crippen MR) is 153 cm³/mol. The fraction of sp³-hybridized carbons (Fsp3) is 0.121. The highest BCUT2D eigenvalue weighted by Crippen LogP contribution is 2.60. The summed E-state index contributed by atoms with van der Waals surface area (Å²) in [4.78, 5) is 15.6. The molecule has 0 saturated carbocycles. The van der Waals surface area contributed by atoms with E-state index in [-0.39, 0.29) is 11.7 Å². The molecule has 6 rings (SSSR count). The van der Waals surface area contributed by atoms with E-state index in [1.807, 2.05) is 78.9 Å². The van der Waals surface area contributed by atoms with Gasteiger partial charge in [-0.1, -0.05) is 127 Å². The molecule has 182 valence electrons. The molecule has 0 aliphatic carbocycles. The molecule has 0 saturated heterocycles. The van der Waals surface area contributed by atoms with Crippen molar-refractivity contribution in [3.05, 3.63) is 144 Å². The maximum atomic E-state index is 14.9. The molecular weight excluding hydrogens is 492 g/mol. The van der Waals surface area contributed by atoms with Gasteiger partial charge < -0.3 is 0 Å². The summed E-state index contributed by atoms with van der Waals surface area (Å²) in [5, 5.41) is 2.15. The zero-order valence-corrected chi connectivity index (χ0v) is 21.9. The SMILES string of the molecule is O=C(Cc1ccccc1)CC(c1ccccc1)C1(c2ccccc2)Sc2cccc3cccc(c23)S1=O. The quantitative estimate of drug-likeness (QED) is 0.220. The van der Waals surface area contributed by atoms with Crippen LogP contribution in [-0.4, -0.2) is 9.99 Å². The van der Waals surface area contributed by atoms with Crippen LogP contribution in [0.2, 0.25) is 0 Å². The summed E-state index contributed by atoms with van der Waals surface area (Å²) in [6, 6.07) is 42.5. The lowest BCUT2D eigenvalue weighted by molar-refractivity contribution is -0.118. The second-order valence-corrected chi connectivity index (χ2v) is 12.6. The Morgan fingerprint density at radius 3 is 2.05 bits per heavy atom. The Balaban J connectivity index is 1.54. The lowest BCUT2D eigenvalue weighted by atomic mass is 9.85. The van der Waals surface area contributed by atoms with E-state index in [9.17, 15) is 9.00 Å². The maximum Gasteiger partial charge on any atom is 0.137 e. The number of hydrogen-bond donors (Lipinski definition) is 0. The molecule has 5 aromatic carbocycles. The van der Waals surface area contributed by atoms with Gasteiger partial charge in [-0.3, -0.25) is 9.00 Å². The Hall–Kier alpha value is -3.47. The van der Waals surface area contributed by atoms with Crippen molar-refractivity contribution in [2.24, 2.45) is 0 Å². The second kappa shape index (κ2) is 10.1.